The molecule has 0 bridgehead atoms. The van der Waals surface area contributed by atoms with E-state index in [1.54, 1.807) is 11.9 Å². The Kier molecular flexibility index (Phi) is 3.86. The van der Waals surface area contributed by atoms with Crippen LogP contribution in [0.2, 0.25) is 0 Å². The van der Waals surface area contributed by atoms with E-state index in [4.69, 9.17) is 4.74 Å². The third-order valence-electron chi connectivity index (χ3n) is 5.27. The van der Waals surface area contributed by atoms with Gasteiger partial charge >= 0.3 is 0 Å². The molecular formula is C20H22N2O3. The van der Waals surface area contributed by atoms with Crippen molar-refractivity contribution in [2.24, 2.45) is 0 Å². The summed E-state index contributed by atoms with van der Waals surface area (Å²) in [4.78, 5) is 29.3. The molecule has 0 radical (unpaired) electrons. The molecule has 1 N–H and O–H groups in total. The molecule has 2 unspecified atom stereocenters. The molecule has 4 rings (SSSR count). The van der Waals surface area contributed by atoms with Gasteiger partial charge in [0.1, 0.15) is 11.9 Å². The second-order valence-electron chi connectivity index (χ2n) is 7.09. The van der Waals surface area contributed by atoms with Crippen LogP contribution in [0.5, 0.6) is 5.75 Å². The highest BCUT2D eigenvalue weighted by Gasteiger charge is 2.32. The Hall–Kier alpha value is -2.56. The van der Waals surface area contributed by atoms with Gasteiger partial charge in [-0.1, -0.05) is 18.2 Å². The number of aromatic nitrogens is 1. The number of ether oxygens (including phenoxy) is 1. The minimum Gasteiger partial charge on any atom is -0.488 e. The first-order valence-corrected chi connectivity index (χ1v) is 8.79. The van der Waals surface area contributed by atoms with Gasteiger partial charge < -0.3 is 14.6 Å². The quantitative estimate of drug-likeness (QED) is 0.932. The van der Waals surface area contributed by atoms with E-state index < -0.39 is 0 Å². The lowest BCUT2D eigenvalue weighted by Gasteiger charge is -2.29. The van der Waals surface area contributed by atoms with Gasteiger partial charge in [-0.3, -0.25) is 9.59 Å². The molecule has 130 valence electrons. The van der Waals surface area contributed by atoms with Crippen molar-refractivity contribution >= 4 is 5.91 Å². The van der Waals surface area contributed by atoms with E-state index in [2.05, 4.69) is 11.1 Å². The molecule has 2 heterocycles. The van der Waals surface area contributed by atoms with Crippen LogP contribution in [-0.2, 0) is 6.42 Å². The topological polar surface area (TPSA) is 62.4 Å². The molecule has 1 aromatic heterocycles. The number of pyridine rings is 1. The molecule has 25 heavy (non-hydrogen) atoms. The number of carbonyl (C=O) groups is 1. The molecule has 1 aliphatic heterocycles. The summed E-state index contributed by atoms with van der Waals surface area (Å²) in [5, 5.41) is 0. The summed E-state index contributed by atoms with van der Waals surface area (Å²) < 4.78 is 6.01. The van der Waals surface area contributed by atoms with Crippen molar-refractivity contribution in [3.05, 3.63) is 63.6 Å². The van der Waals surface area contributed by atoms with E-state index in [9.17, 15) is 9.59 Å². The molecule has 1 fully saturated rings. The highest BCUT2D eigenvalue weighted by Crippen LogP contribution is 2.38. The minimum atomic E-state index is -0.210. The zero-order valence-corrected chi connectivity index (χ0v) is 14.5. The van der Waals surface area contributed by atoms with Crippen molar-refractivity contribution in [1.82, 2.24) is 9.88 Å². The lowest BCUT2D eigenvalue weighted by molar-refractivity contribution is 0.0598. The summed E-state index contributed by atoms with van der Waals surface area (Å²) in [5.41, 5.74) is 2.29. The SMILES string of the molecule is CC(C1Cc2ccccc2O1)N(C)C(=O)c1cc(C2CC2)[nH]c(=O)c1. The maximum Gasteiger partial charge on any atom is 0.254 e. The number of aromatic amines is 1. The number of nitrogens with one attached hydrogen (secondary N) is 1. The zero-order chi connectivity index (χ0) is 17.6. The van der Waals surface area contributed by atoms with Gasteiger partial charge in [0, 0.05) is 30.8 Å². The smallest absolute Gasteiger partial charge is 0.254 e. The number of H-pyrrole nitrogens is 1. The number of carbonyl (C=O) groups excluding carboxylic acids is 1. The number of likely N-dealkylation sites (N-methyl/N-ethyl adjacent to an activating group) is 1. The van der Waals surface area contributed by atoms with Crippen LogP contribution in [-0.4, -0.2) is 35.0 Å². The van der Waals surface area contributed by atoms with E-state index >= 15 is 0 Å². The average Bonchev–Trinajstić information content (AvgIpc) is 3.38. The Labute approximate surface area is 146 Å². The maximum absolute atomic E-state index is 12.9. The molecule has 1 aliphatic carbocycles. The van der Waals surface area contributed by atoms with Gasteiger partial charge in [-0.2, -0.15) is 0 Å². The predicted molar refractivity (Wildman–Crippen MR) is 95.2 cm³/mol. The number of hydrogen-bond donors (Lipinski definition) is 1. The van der Waals surface area contributed by atoms with E-state index in [0.717, 1.165) is 30.7 Å². The van der Waals surface area contributed by atoms with Crippen LogP contribution in [0, 0.1) is 0 Å². The second-order valence-corrected chi connectivity index (χ2v) is 7.09. The van der Waals surface area contributed by atoms with Gasteiger partial charge in [0.25, 0.3) is 5.91 Å². The Balaban J connectivity index is 1.52. The molecule has 5 heteroatoms. The van der Waals surface area contributed by atoms with Gasteiger partial charge in [0.05, 0.1) is 6.04 Å². The van der Waals surface area contributed by atoms with Crippen LogP contribution in [0.3, 0.4) is 0 Å². The van der Waals surface area contributed by atoms with Crippen molar-refractivity contribution in [2.45, 2.75) is 44.2 Å². The van der Waals surface area contributed by atoms with E-state index in [0.29, 0.717) is 11.5 Å². The van der Waals surface area contributed by atoms with Gasteiger partial charge in [-0.25, -0.2) is 0 Å². The first-order chi connectivity index (χ1) is 12.0. The van der Waals surface area contributed by atoms with Crippen molar-refractivity contribution in [3.63, 3.8) is 0 Å². The van der Waals surface area contributed by atoms with E-state index in [-0.39, 0.29) is 23.6 Å². The highest BCUT2D eigenvalue weighted by atomic mass is 16.5. The maximum atomic E-state index is 12.9. The van der Waals surface area contributed by atoms with Crippen LogP contribution in [0.15, 0.2) is 41.2 Å². The number of fused-ring (bicyclic) bond motifs is 1. The molecule has 2 atom stereocenters. The van der Waals surface area contributed by atoms with Crippen LogP contribution in [0.1, 0.15) is 47.3 Å². The number of rotatable bonds is 4. The molecule has 2 aliphatic rings. The molecule has 1 aromatic carbocycles. The van der Waals surface area contributed by atoms with Crippen LogP contribution >= 0.6 is 0 Å². The molecule has 0 saturated heterocycles. The monoisotopic (exact) mass is 338 g/mol. The Morgan fingerprint density at radius 3 is 2.76 bits per heavy atom. The number of amides is 1. The number of para-hydroxylation sites is 1. The van der Waals surface area contributed by atoms with Crippen LogP contribution in [0.4, 0.5) is 0 Å². The lowest BCUT2D eigenvalue weighted by Crippen LogP contribution is -2.44. The minimum absolute atomic E-state index is 0.0729. The third-order valence-corrected chi connectivity index (χ3v) is 5.27. The van der Waals surface area contributed by atoms with E-state index in [1.165, 1.54) is 11.6 Å². The molecule has 1 amide bonds. The zero-order valence-electron chi connectivity index (χ0n) is 14.5. The van der Waals surface area contributed by atoms with Crippen molar-refractivity contribution < 1.29 is 9.53 Å². The molecule has 2 aromatic rings. The van der Waals surface area contributed by atoms with E-state index in [1.807, 2.05) is 31.2 Å². The highest BCUT2D eigenvalue weighted by molar-refractivity contribution is 5.94. The van der Waals surface area contributed by atoms with Crippen molar-refractivity contribution in [2.75, 3.05) is 7.05 Å². The predicted octanol–water partition coefficient (Wildman–Crippen LogP) is 2.72. The Morgan fingerprint density at radius 1 is 1.28 bits per heavy atom. The molecule has 0 spiro atoms. The number of hydrogen-bond acceptors (Lipinski definition) is 3. The van der Waals surface area contributed by atoms with Crippen LogP contribution in [0.25, 0.3) is 0 Å². The number of benzene rings is 1. The lowest BCUT2D eigenvalue weighted by atomic mass is 10.0. The first-order valence-electron chi connectivity index (χ1n) is 8.79. The molecule has 1 saturated carbocycles. The summed E-state index contributed by atoms with van der Waals surface area (Å²) >= 11 is 0. The van der Waals surface area contributed by atoms with Crippen molar-refractivity contribution in [3.8, 4) is 5.75 Å². The summed E-state index contributed by atoms with van der Waals surface area (Å²) in [5.74, 6) is 1.16. The molecular weight excluding hydrogens is 316 g/mol. The average molecular weight is 338 g/mol. The first kappa shape index (κ1) is 15.9. The van der Waals surface area contributed by atoms with Crippen LogP contribution < -0.4 is 10.3 Å². The molecule has 5 nitrogen and oxygen atoms in total. The fourth-order valence-electron chi connectivity index (χ4n) is 3.42. The summed E-state index contributed by atoms with van der Waals surface area (Å²) in [7, 11) is 1.78. The second kappa shape index (κ2) is 6.06. The van der Waals surface area contributed by atoms with Gasteiger partial charge in [-0.15, -0.1) is 0 Å². The summed E-state index contributed by atoms with van der Waals surface area (Å²) in [6, 6.07) is 11.1. The standard InChI is InChI=1S/C20H22N2O3/c1-12(18-10-14-5-3-4-6-17(14)25-18)22(2)20(24)15-9-16(13-7-8-13)21-19(23)11-15/h3-6,9,11-13,18H,7-8,10H2,1-2H3,(H,21,23). The Bertz CT molecular complexity index is 844. The van der Waals surface area contributed by atoms with Crippen molar-refractivity contribution in [1.29, 1.82) is 0 Å². The van der Waals surface area contributed by atoms with Gasteiger partial charge in [0.2, 0.25) is 5.56 Å². The largest absolute Gasteiger partial charge is 0.488 e. The third kappa shape index (κ3) is 3.06. The fourth-order valence-corrected chi connectivity index (χ4v) is 3.42. The summed E-state index contributed by atoms with van der Waals surface area (Å²) in [6.07, 6.45) is 2.87. The fraction of sp³-hybridized carbons (Fsp3) is 0.400. The summed E-state index contributed by atoms with van der Waals surface area (Å²) in [6.45, 7) is 1.99. The Morgan fingerprint density at radius 2 is 2.04 bits per heavy atom. The number of nitrogens with zero attached hydrogens (tertiary/aromatic N) is 1. The van der Waals surface area contributed by atoms with Gasteiger partial charge in [0.15, 0.2) is 0 Å². The normalized spacial score (nSPS) is 19.8. The van der Waals surface area contributed by atoms with Gasteiger partial charge in [-0.05, 0) is 43.4 Å².